The molecule has 1 fully saturated rings. The minimum Gasteiger partial charge on any atom is -0.478 e. The monoisotopic (exact) mass is 277 g/mol. The second-order valence-corrected chi connectivity index (χ2v) is 5.37. The maximum atomic E-state index is 11.0. The Balaban J connectivity index is 1.90. The van der Waals surface area contributed by atoms with Gasteiger partial charge in [-0.3, -0.25) is 0 Å². The Morgan fingerprint density at radius 2 is 2.26 bits per heavy atom. The highest BCUT2D eigenvalue weighted by Gasteiger charge is 2.28. The summed E-state index contributed by atoms with van der Waals surface area (Å²) in [6.45, 7) is 1.76. The van der Waals surface area contributed by atoms with Crippen LogP contribution in [0.3, 0.4) is 0 Å². The van der Waals surface area contributed by atoms with Gasteiger partial charge in [0.15, 0.2) is 0 Å². The van der Waals surface area contributed by atoms with Crippen LogP contribution in [0.2, 0.25) is 0 Å². The van der Waals surface area contributed by atoms with Crippen LogP contribution in [0.1, 0.15) is 34.9 Å². The van der Waals surface area contributed by atoms with Crippen LogP contribution in [0.25, 0.3) is 0 Å². The highest BCUT2D eigenvalue weighted by Crippen LogP contribution is 2.37. The minimum atomic E-state index is -0.964. The largest absolute Gasteiger partial charge is 0.478 e. The summed E-state index contributed by atoms with van der Waals surface area (Å²) in [5, 5.41) is 21.8. The zero-order chi connectivity index (χ0) is 13.4. The van der Waals surface area contributed by atoms with Crippen LogP contribution in [0.5, 0.6) is 0 Å². The summed E-state index contributed by atoms with van der Waals surface area (Å²) in [6.07, 6.45) is 2.17. The molecular weight excluding hydrogens is 266 g/mol. The summed E-state index contributed by atoms with van der Waals surface area (Å²) < 4.78 is 1.77. The maximum Gasteiger partial charge on any atom is 0.335 e. The molecule has 1 N–H and O–H groups in total. The van der Waals surface area contributed by atoms with Crippen LogP contribution < -0.4 is 0 Å². The van der Waals surface area contributed by atoms with Gasteiger partial charge in [-0.05, 0) is 54.1 Å². The first-order valence-corrected chi connectivity index (χ1v) is 6.63. The predicted molar refractivity (Wildman–Crippen MR) is 66.1 cm³/mol. The fourth-order valence-electron chi connectivity index (χ4n) is 1.71. The number of aromatic carboxylic acids is 1. The molecule has 0 atom stereocenters. The van der Waals surface area contributed by atoms with Crippen LogP contribution in [0.15, 0.2) is 22.3 Å². The number of carboxylic acid groups (broad SMARTS) is 1. The SMILES string of the molecule is Cc1cc(C(=O)O)cc(Sc2nnnn2C2CC2)n1. The molecule has 0 saturated heterocycles. The average molecular weight is 277 g/mol. The lowest BCUT2D eigenvalue weighted by Gasteiger charge is -2.04. The van der Waals surface area contributed by atoms with E-state index in [1.807, 2.05) is 0 Å². The molecule has 19 heavy (non-hydrogen) atoms. The number of hydrogen-bond acceptors (Lipinski definition) is 6. The molecule has 1 saturated carbocycles. The van der Waals surface area contributed by atoms with Gasteiger partial charge in [0.05, 0.1) is 11.6 Å². The lowest BCUT2D eigenvalue weighted by molar-refractivity contribution is 0.0696. The number of nitrogens with zero attached hydrogens (tertiary/aromatic N) is 5. The van der Waals surface area contributed by atoms with E-state index in [0.29, 0.717) is 21.9 Å². The van der Waals surface area contributed by atoms with Crippen molar-refractivity contribution in [1.82, 2.24) is 25.2 Å². The van der Waals surface area contributed by atoms with E-state index in [4.69, 9.17) is 5.11 Å². The first-order valence-electron chi connectivity index (χ1n) is 5.81. The molecule has 2 heterocycles. The summed E-state index contributed by atoms with van der Waals surface area (Å²) in [7, 11) is 0. The Bertz CT molecular complexity index is 638. The highest BCUT2D eigenvalue weighted by atomic mass is 32.2. The van der Waals surface area contributed by atoms with Crippen molar-refractivity contribution < 1.29 is 9.90 Å². The highest BCUT2D eigenvalue weighted by molar-refractivity contribution is 7.99. The van der Waals surface area contributed by atoms with Gasteiger partial charge in [0, 0.05) is 5.69 Å². The smallest absolute Gasteiger partial charge is 0.335 e. The zero-order valence-corrected chi connectivity index (χ0v) is 11.0. The molecule has 8 heteroatoms. The number of rotatable bonds is 4. The van der Waals surface area contributed by atoms with Gasteiger partial charge < -0.3 is 5.11 Å². The van der Waals surface area contributed by atoms with Gasteiger partial charge >= 0.3 is 5.97 Å². The number of carbonyl (C=O) groups is 1. The van der Waals surface area contributed by atoms with Crippen molar-refractivity contribution in [2.45, 2.75) is 36.0 Å². The predicted octanol–water partition coefficient (Wildman–Crippen LogP) is 1.56. The minimum absolute atomic E-state index is 0.223. The standard InChI is InChI=1S/C11H11N5O2S/c1-6-4-7(10(17)18)5-9(12-6)19-11-13-14-15-16(11)8-2-3-8/h4-5,8H,2-3H2,1H3,(H,17,18). The normalized spacial score (nSPS) is 14.6. The summed E-state index contributed by atoms with van der Waals surface area (Å²) in [5.74, 6) is -0.964. The zero-order valence-electron chi connectivity index (χ0n) is 10.1. The van der Waals surface area contributed by atoms with E-state index in [1.54, 1.807) is 11.6 Å². The Morgan fingerprint density at radius 3 is 2.95 bits per heavy atom. The first kappa shape index (κ1) is 12.1. The Kier molecular flexibility index (Phi) is 2.94. The Labute approximate surface area is 113 Å². The van der Waals surface area contributed by atoms with Crippen molar-refractivity contribution in [3.63, 3.8) is 0 Å². The quantitative estimate of drug-likeness (QED) is 0.906. The fraction of sp³-hybridized carbons (Fsp3) is 0.364. The van der Waals surface area contributed by atoms with Gasteiger partial charge in [-0.25, -0.2) is 14.5 Å². The van der Waals surface area contributed by atoms with Gasteiger partial charge in [0.1, 0.15) is 5.03 Å². The van der Waals surface area contributed by atoms with Crippen molar-refractivity contribution in [3.8, 4) is 0 Å². The molecule has 0 amide bonds. The van der Waals surface area contributed by atoms with Crippen LogP contribution in [0.4, 0.5) is 0 Å². The molecule has 2 aromatic rings. The molecule has 0 aliphatic heterocycles. The summed E-state index contributed by atoms with van der Waals surface area (Å²) in [4.78, 5) is 15.3. The fourth-order valence-corrected chi connectivity index (χ4v) is 2.63. The van der Waals surface area contributed by atoms with E-state index < -0.39 is 5.97 Å². The molecule has 98 valence electrons. The van der Waals surface area contributed by atoms with Crippen molar-refractivity contribution in [1.29, 1.82) is 0 Å². The summed E-state index contributed by atoms with van der Waals surface area (Å²) in [6, 6.07) is 3.45. The van der Waals surface area contributed by atoms with Crippen LogP contribution in [0, 0.1) is 6.92 Å². The maximum absolute atomic E-state index is 11.0. The molecule has 0 radical (unpaired) electrons. The number of pyridine rings is 1. The van der Waals surface area contributed by atoms with Crippen molar-refractivity contribution in [3.05, 3.63) is 23.4 Å². The number of tetrazole rings is 1. The summed E-state index contributed by atoms with van der Waals surface area (Å²) >= 11 is 1.29. The third-order valence-electron chi connectivity index (χ3n) is 2.73. The molecule has 1 aliphatic carbocycles. The first-order chi connectivity index (χ1) is 9.13. The van der Waals surface area contributed by atoms with Crippen LogP contribution in [-0.2, 0) is 0 Å². The number of aromatic nitrogens is 5. The molecule has 0 unspecified atom stereocenters. The molecule has 0 bridgehead atoms. The molecule has 7 nitrogen and oxygen atoms in total. The Hall–Kier alpha value is -1.96. The second-order valence-electron chi connectivity index (χ2n) is 4.38. The number of carboxylic acids is 1. The van der Waals surface area contributed by atoms with E-state index in [1.165, 1.54) is 23.9 Å². The van der Waals surface area contributed by atoms with Crippen LogP contribution >= 0.6 is 11.8 Å². The van der Waals surface area contributed by atoms with E-state index in [2.05, 4.69) is 20.5 Å². The number of aryl methyl sites for hydroxylation is 1. The molecule has 2 aromatic heterocycles. The van der Waals surface area contributed by atoms with Crippen molar-refractivity contribution >= 4 is 17.7 Å². The van der Waals surface area contributed by atoms with Gasteiger partial charge in [-0.1, -0.05) is 0 Å². The second kappa shape index (κ2) is 4.61. The average Bonchev–Trinajstić information content (AvgIpc) is 3.10. The van der Waals surface area contributed by atoms with Crippen molar-refractivity contribution in [2.24, 2.45) is 0 Å². The van der Waals surface area contributed by atoms with Crippen LogP contribution in [-0.4, -0.2) is 36.3 Å². The molecule has 0 aromatic carbocycles. The van der Waals surface area contributed by atoms with E-state index in [-0.39, 0.29) is 5.56 Å². The van der Waals surface area contributed by atoms with E-state index >= 15 is 0 Å². The molecular formula is C11H11N5O2S. The number of hydrogen-bond donors (Lipinski definition) is 1. The third-order valence-corrected chi connectivity index (χ3v) is 3.60. The summed E-state index contributed by atoms with van der Waals surface area (Å²) in [5.41, 5.74) is 0.883. The van der Waals surface area contributed by atoms with Gasteiger partial charge in [0.2, 0.25) is 5.16 Å². The lowest BCUT2D eigenvalue weighted by atomic mass is 10.2. The molecule has 3 rings (SSSR count). The van der Waals surface area contributed by atoms with E-state index in [9.17, 15) is 4.79 Å². The lowest BCUT2D eigenvalue weighted by Crippen LogP contribution is -2.01. The van der Waals surface area contributed by atoms with Crippen molar-refractivity contribution in [2.75, 3.05) is 0 Å². The van der Waals surface area contributed by atoms with Gasteiger partial charge in [0.25, 0.3) is 0 Å². The third kappa shape index (κ3) is 2.58. The van der Waals surface area contributed by atoms with Gasteiger partial charge in [-0.2, -0.15) is 0 Å². The molecule has 1 aliphatic rings. The van der Waals surface area contributed by atoms with Gasteiger partial charge in [-0.15, -0.1) is 5.10 Å². The topological polar surface area (TPSA) is 93.8 Å². The molecule has 0 spiro atoms. The van der Waals surface area contributed by atoms with E-state index in [0.717, 1.165) is 12.8 Å². The Morgan fingerprint density at radius 1 is 1.47 bits per heavy atom.